The van der Waals surface area contributed by atoms with E-state index in [-0.39, 0.29) is 5.91 Å². The Kier molecular flexibility index (Phi) is 5.15. The predicted octanol–water partition coefficient (Wildman–Crippen LogP) is 2.39. The first-order chi connectivity index (χ1) is 7.77. The average molecular weight is 215 g/mol. The number of carbonyl (C=O) groups is 1. The third-order valence-electron chi connectivity index (χ3n) is 2.34. The fourth-order valence-corrected chi connectivity index (χ4v) is 1.36. The van der Waals surface area contributed by atoms with Gasteiger partial charge in [0, 0.05) is 18.5 Å². The van der Waals surface area contributed by atoms with E-state index in [1.807, 2.05) is 24.3 Å². The smallest absolute Gasteiger partial charge is 0.251 e. The fourth-order valence-electron chi connectivity index (χ4n) is 1.36. The zero-order chi connectivity index (χ0) is 11.8. The molecule has 0 aliphatic heterocycles. The summed E-state index contributed by atoms with van der Waals surface area (Å²) in [4.78, 5) is 11.6. The number of aryl methyl sites for hydroxylation is 1. The van der Waals surface area contributed by atoms with Crippen LogP contribution < -0.4 is 5.32 Å². The van der Waals surface area contributed by atoms with E-state index in [0.717, 1.165) is 6.42 Å². The zero-order valence-electron chi connectivity index (χ0n) is 9.84. The van der Waals surface area contributed by atoms with Crippen molar-refractivity contribution in [2.75, 3.05) is 6.54 Å². The lowest BCUT2D eigenvalue weighted by Gasteiger charge is -2.03. The van der Waals surface area contributed by atoms with E-state index in [2.05, 4.69) is 24.1 Å². The van der Waals surface area contributed by atoms with Crippen molar-refractivity contribution in [3.63, 3.8) is 0 Å². The summed E-state index contributed by atoms with van der Waals surface area (Å²) in [6.07, 6.45) is 1.70. The molecule has 16 heavy (non-hydrogen) atoms. The van der Waals surface area contributed by atoms with Crippen LogP contribution in [0, 0.1) is 11.8 Å². The van der Waals surface area contributed by atoms with Crippen LogP contribution >= 0.6 is 0 Å². The number of hydrogen-bond donors (Lipinski definition) is 1. The molecule has 1 N–H and O–H groups in total. The molecular weight excluding hydrogens is 198 g/mol. The minimum Gasteiger partial charge on any atom is -0.351 e. The second-order valence-corrected chi connectivity index (χ2v) is 3.48. The number of nitrogens with one attached hydrogen (secondary N) is 1. The summed E-state index contributed by atoms with van der Waals surface area (Å²) in [6, 6.07) is 7.70. The molecule has 0 aliphatic rings. The van der Waals surface area contributed by atoms with E-state index in [4.69, 9.17) is 0 Å². The Balaban J connectivity index is 2.48. The predicted molar refractivity (Wildman–Crippen MR) is 66.2 cm³/mol. The quantitative estimate of drug-likeness (QED) is 0.606. The van der Waals surface area contributed by atoms with Crippen LogP contribution in [0.5, 0.6) is 0 Å². The molecular formula is C14H17NO. The number of amides is 1. The molecule has 2 nitrogen and oxygen atoms in total. The van der Waals surface area contributed by atoms with Gasteiger partial charge in [-0.05, 0) is 31.0 Å². The van der Waals surface area contributed by atoms with E-state index in [1.165, 1.54) is 5.56 Å². The Labute approximate surface area is 97.1 Å². The van der Waals surface area contributed by atoms with Crippen molar-refractivity contribution in [1.29, 1.82) is 0 Å². The number of carbonyl (C=O) groups excluding carboxylic acids is 1. The maximum atomic E-state index is 11.6. The van der Waals surface area contributed by atoms with Gasteiger partial charge in [-0.2, -0.15) is 0 Å². The van der Waals surface area contributed by atoms with Crippen molar-refractivity contribution in [3.05, 3.63) is 35.4 Å². The monoisotopic (exact) mass is 215 g/mol. The molecule has 0 saturated carbocycles. The number of benzene rings is 1. The van der Waals surface area contributed by atoms with Gasteiger partial charge in [0.15, 0.2) is 0 Å². The normalized spacial score (nSPS) is 9.12. The third kappa shape index (κ3) is 3.78. The van der Waals surface area contributed by atoms with Crippen molar-refractivity contribution in [2.45, 2.75) is 26.7 Å². The summed E-state index contributed by atoms with van der Waals surface area (Å²) in [7, 11) is 0. The van der Waals surface area contributed by atoms with E-state index < -0.39 is 0 Å². The van der Waals surface area contributed by atoms with Gasteiger partial charge in [-0.3, -0.25) is 4.79 Å². The number of rotatable bonds is 4. The second-order valence-electron chi connectivity index (χ2n) is 3.48. The molecule has 0 radical (unpaired) electrons. The maximum Gasteiger partial charge on any atom is 0.251 e. The molecule has 0 spiro atoms. The first kappa shape index (κ1) is 12.3. The highest BCUT2D eigenvalue weighted by Crippen LogP contribution is 2.04. The van der Waals surface area contributed by atoms with Gasteiger partial charge in [0.2, 0.25) is 0 Å². The van der Waals surface area contributed by atoms with Gasteiger partial charge in [0.05, 0.1) is 0 Å². The highest BCUT2D eigenvalue weighted by molar-refractivity contribution is 5.94. The summed E-state index contributed by atoms with van der Waals surface area (Å²) in [5.74, 6) is 5.68. The minimum absolute atomic E-state index is 0.0273. The molecule has 0 aliphatic carbocycles. The van der Waals surface area contributed by atoms with Gasteiger partial charge in [-0.25, -0.2) is 0 Å². The molecule has 0 unspecified atom stereocenters. The van der Waals surface area contributed by atoms with Crippen molar-refractivity contribution in [2.24, 2.45) is 0 Å². The molecule has 1 aromatic rings. The number of hydrogen-bond acceptors (Lipinski definition) is 1. The van der Waals surface area contributed by atoms with E-state index >= 15 is 0 Å². The Hall–Kier alpha value is -1.75. The topological polar surface area (TPSA) is 29.1 Å². The molecule has 0 heterocycles. The third-order valence-corrected chi connectivity index (χ3v) is 2.34. The lowest BCUT2D eigenvalue weighted by atomic mass is 10.1. The average Bonchev–Trinajstić information content (AvgIpc) is 2.34. The van der Waals surface area contributed by atoms with Crippen LogP contribution in [0.15, 0.2) is 24.3 Å². The molecule has 0 saturated heterocycles. The first-order valence-electron chi connectivity index (χ1n) is 5.54. The van der Waals surface area contributed by atoms with Crippen LogP contribution in [-0.2, 0) is 6.42 Å². The Morgan fingerprint density at radius 3 is 2.56 bits per heavy atom. The summed E-state index contributed by atoms with van der Waals surface area (Å²) >= 11 is 0. The Bertz CT molecular complexity index is 395. The molecule has 0 aromatic heterocycles. The van der Waals surface area contributed by atoms with Crippen LogP contribution in [-0.4, -0.2) is 12.5 Å². The van der Waals surface area contributed by atoms with Gasteiger partial charge >= 0.3 is 0 Å². The minimum atomic E-state index is -0.0273. The maximum absolute atomic E-state index is 11.6. The van der Waals surface area contributed by atoms with E-state index in [1.54, 1.807) is 6.92 Å². The van der Waals surface area contributed by atoms with E-state index in [9.17, 15) is 4.79 Å². The largest absolute Gasteiger partial charge is 0.351 e. The summed E-state index contributed by atoms with van der Waals surface area (Å²) in [5, 5.41) is 2.83. The molecule has 0 atom stereocenters. The Morgan fingerprint density at radius 1 is 1.31 bits per heavy atom. The second kappa shape index (κ2) is 6.68. The van der Waals surface area contributed by atoms with Crippen LogP contribution in [0.4, 0.5) is 0 Å². The lowest BCUT2D eigenvalue weighted by Crippen LogP contribution is -2.24. The highest BCUT2D eigenvalue weighted by atomic mass is 16.1. The highest BCUT2D eigenvalue weighted by Gasteiger charge is 2.03. The van der Waals surface area contributed by atoms with Crippen LogP contribution in [0.3, 0.4) is 0 Å². The molecule has 0 bridgehead atoms. The molecule has 1 aromatic carbocycles. The molecule has 2 heteroatoms. The van der Waals surface area contributed by atoms with Crippen molar-refractivity contribution < 1.29 is 4.79 Å². The van der Waals surface area contributed by atoms with Gasteiger partial charge in [-0.15, -0.1) is 11.8 Å². The first-order valence-corrected chi connectivity index (χ1v) is 5.54. The van der Waals surface area contributed by atoms with E-state index in [0.29, 0.717) is 18.5 Å². The van der Waals surface area contributed by atoms with Crippen LogP contribution in [0.25, 0.3) is 0 Å². The van der Waals surface area contributed by atoms with Crippen molar-refractivity contribution in [3.8, 4) is 11.8 Å². The van der Waals surface area contributed by atoms with Gasteiger partial charge in [0.1, 0.15) is 0 Å². The standard InChI is InChI=1S/C14H17NO/c1-3-5-6-11-15-14(16)13-9-7-12(4-2)8-10-13/h7-10H,4,6,11H2,1-2H3,(H,15,16). The SMILES string of the molecule is CC#CCCNC(=O)c1ccc(CC)cc1. The summed E-state index contributed by atoms with van der Waals surface area (Å²) in [5.41, 5.74) is 1.95. The van der Waals surface area contributed by atoms with Crippen molar-refractivity contribution >= 4 is 5.91 Å². The molecule has 1 amide bonds. The summed E-state index contributed by atoms with van der Waals surface area (Å²) in [6.45, 7) is 4.50. The Morgan fingerprint density at radius 2 is 2.00 bits per heavy atom. The van der Waals surface area contributed by atoms with Crippen molar-refractivity contribution in [1.82, 2.24) is 5.32 Å². The summed E-state index contributed by atoms with van der Waals surface area (Å²) < 4.78 is 0. The molecule has 1 rings (SSSR count). The van der Waals surface area contributed by atoms with Crippen LogP contribution in [0.1, 0.15) is 36.2 Å². The molecule has 0 fully saturated rings. The lowest BCUT2D eigenvalue weighted by molar-refractivity contribution is 0.0954. The fraction of sp³-hybridized carbons (Fsp3) is 0.357. The van der Waals surface area contributed by atoms with Gasteiger partial charge < -0.3 is 5.32 Å². The van der Waals surface area contributed by atoms with Gasteiger partial charge in [0.25, 0.3) is 5.91 Å². The van der Waals surface area contributed by atoms with Gasteiger partial charge in [-0.1, -0.05) is 19.1 Å². The molecule has 84 valence electrons. The zero-order valence-corrected chi connectivity index (χ0v) is 9.84. The van der Waals surface area contributed by atoms with Crippen LogP contribution in [0.2, 0.25) is 0 Å².